The highest BCUT2D eigenvalue weighted by Gasteiger charge is 2.02. The Balaban J connectivity index is 0.000000231. The molecule has 6 nitrogen and oxygen atoms in total. The van der Waals surface area contributed by atoms with Gasteiger partial charge in [-0.25, -0.2) is 0 Å². The Kier molecular flexibility index (Phi) is 7.13. The zero-order valence-corrected chi connectivity index (χ0v) is 12.9. The van der Waals surface area contributed by atoms with Crippen LogP contribution in [0.2, 0.25) is 0 Å². The molecule has 0 aliphatic heterocycles. The van der Waals surface area contributed by atoms with Crippen LogP contribution in [-0.2, 0) is 0 Å². The number of ether oxygens (including phenoxy) is 2. The summed E-state index contributed by atoms with van der Waals surface area (Å²) in [5.74, 6) is 0.761. The number of aromatic hydroxyl groups is 2. The van der Waals surface area contributed by atoms with Crippen LogP contribution in [0.5, 0.6) is 23.0 Å². The molecule has 0 bridgehead atoms. The number of phenolic OH excluding ortho intramolecular Hbond substituents is 2. The Labute approximate surface area is 133 Å². The van der Waals surface area contributed by atoms with Crippen molar-refractivity contribution in [3.8, 4) is 23.0 Å². The summed E-state index contributed by atoms with van der Waals surface area (Å²) in [6.45, 7) is 2.28. The van der Waals surface area contributed by atoms with E-state index in [0.717, 1.165) is 0 Å². The molecule has 23 heavy (non-hydrogen) atoms. The zero-order valence-electron chi connectivity index (χ0n) is 12.9. The first-order valence-corrected chi connectivity index (χ1v) is 6.78. The van der Waals surface area contributed by atoms with Crippen LogP contribution in [0.4, 0.5) is 0 Å². The second-order valence-corrected chi connectivity index (χ2v) is 4.33. The maximum absolute atomic E-state index is 10.3. The van der Waals surface area contributed by atoms with E-state index in [2.05, 4.69) is 0 Å². The molecule has 0 unspecified atom stereocenters. The van der Waals surface area contributed by atoms with Crippen LogP contribution in [-0.4, -0.2) is 36.5 Å². The number of methoxy groups -OCH3 is 1. The van der Waals surface area contributed by atoms with E-state index in [1.165, 1.54) is 43.5 Å². The van der Waals surface area contributed by atoms with Gasteiger partial charge in [-0.15, -0.1) is 0 Å². The topological polar surface area (TPSA) is 93.1 Å². The summed E-state index contributed by atoms with van der Waals surface area (Å²) in [5, 5.41) is 18.3. The fourth-order valence-electron chi connectivity index (χ4n) is 1.64. The molecule has 0 aliphatic rings. The second kappa shape index (κ2) is 9.09. The fourth-order valence-corrected chi connectivity index (χ4v) is 1.64. The van der Waals surface area contributed by atoms with Crippen LogP contribution in [0.3, 0.4) is 0 Å². The van der Waals surface area contributed by atoms with Crippen molar-refractivity contribution in [3.63, 3.8) is 0 Å². The lowest BCUT2D eigenvalue weighted by molar-refractivity contribution is 0.111. The van der Waals surface area contributed by atoms with Gasteiger partial charge in [0.15, 0.2) is 23.0 Å². The molecule has 0 heterocycles. The Morgan fingerprint density at radius 3 is 1.83 bits per heavy atom. The van der Waals surface area contributed by atoms with Gasteiger partial charge in [-0.2, -0.15) is 0 Å². The minimum absolute atomic E-state index is 0.0399. The monoisotopic (exact) mass is 318 g/mol. The van der Waals surface area contributed by atoms with Crippen LogP contribution < -0.4 is 9.47 Å². The predicted octanol–water partition coefficient (Wildman–Crippen LogP) is 2.82. The van der Waals surface area contributed by atoms with E-state index in [1.807, 2.05) is 6.92 Å². The normalized spacial score (nSPS) is 9.30. The average molecular weight is 318 g/mol. The van der Waals surface area contributed by atoms with Gasteiger partial charge in [-0.05, 0) is 43.3 Å². The number of carbonyl (C=O) groups excluding carboxylic acids is 2. The number of benzene rings is 2. The van der Waals surface area contributed by atoms with E-state index < -0.39 is 0 Å². The fraction of sp³-hybridized carbons (Fsp3) is 0.176. The lowest BCUT2D eigenvalue weighted by Gasteiger charge is -2.04. The molecule has 2 aromatic rings. The van der Waals surface area contributed by atoms with E-state index in [-0.39, 0.29) is 11.5 Å². The van der Waals surface area contributed by atoms with Crippen molar-refractivity contribution in [2.75, 3.05) is 13.7 Å². The highest BCUT2D eigenvalue weighted by atomic mass is 16.5. The number of carbonyl (C=O) groups is 2. The standard InChI is InChI=1S/C9H10O3.C8H8O3/c1-2-12-9-5-7(6-10)3-4-8(9)11;1-11-8-4-6(5-9)2-3-7(8)10/h3-6,11H,2H2,1H3;2-5,10H,1H3. The Morgan fingerprint density at radius 1 is 0.913 bits per heavy atom. The second-order valence-electron chi connectivity index (χ2n) is 4.33. The Bertz CT molecular complexity index is 666. The number of phenols is 2. The number of hydrogen-bond donors (Lipinski definition) is 2. The van der Waals surface area contributed by atoms with Gasteiger partial charge in [0.05, 0.1) is 13.7 Å². The number of hydrogen-bond acceptors (Lipinski definition) is 6. The lowest BCUT2D eigenvalue weighted by atomic mass is 10.2. The molecule has 0 amide bonds. The zero-order chi connectivity index (χ0) is 17.2. The van der Waals surface area contributed by atoms with E-state index in [0.29, 0.717) is 41.8 Å². The predicted molar refractivity (Wildman–Crippen MR) is 84.7 cm³/mol. The molecule has 0 saturated heterocycles. The van der Waals surface area contributed by atoms with Gasteiger partial charge in [0.1, 0.15) is 12.6 Å². The molecule has 2 rings (SSSR count). The SMILES string of the molecule is CCOc1cc(C=O)ccc1O.COc1cc(C=O)ccc1O. The van der Waals surface area contributed by atoms with E-state index in [1.54, 1.807) is 0 Å². The molecule has 0 aliphatic carbocycles. The lowest BCUT2D eigenvalue weighted by Crippen LogP contribution is -1.92. The molecular weight excluding hydrogens is 300 g/mol. The molecule has 0 spiro atoms. The maximum atomic E-state index is 10.3. The quantitative estimate of drug-likeness (QED) is 0.823. The largest absolute Gasteiger partial charge is 0.504 e. The minimum Gasteiger partial charge on any atom is -0.504 e. The number of aldehydes is 2. The average Bonchev–Trinajstić information content (AvgIpc) is 2.58. The van der Waals surface area contributed by atoms with Crippen molar-refractivity contribution in [2.45, 2.75) is 6.92 Å². The first kappa shape index (κ1) is 18.0. The highest BCUT2D eigenvalue weighted by molar-refractivity contribution is 5.76. The molecule has 122 valence electrons. The number of rotatable bonds is 5. The molecule has 2 aromatic carbocycles. The summed E-state index contributed by atoms with van der Waals surface area (Å²) >= 11 is 0. The highest BCUT2D eigenvalue weighted by Crippen LogP contribution is 2.26. The van der Waals surface area contributed by atoms with Crippen LogP contribution in [0.1, 0.15) is 27.6 Å². The third-order valence-corrected chi connectivity index (χ3v) is 2.76. The summed E-state index contributed by atoms with van der Waals surface area (Å²) in [6.07, 6.45) is 1.41. The van der Waals surface area contributed by atoms with Gasteiger partial charge in [-0.1, -0.05) is 0 Å². The third kappa shape index (κ3) is 5.35. The van der Waals surface area contributed by atoms with Crippen molar-refractivity contribution in [3.05, 3.63) is 47.5 Å². The van der Waals surface area contributed by atoms with Crippen molar-refractivity contribution in [1.82, 2.24) is 0 Å². The van der Waals surface area contributed by atoms with E-state index in [4.69, 9.17) is 14.6 Å². The molecular formula is C17H18O6. The molecule has 0 radical (unpaired) electrons. The third-order valence-electron chi connectivity index (χ3n) is 2.76. The van der Waals surface area contributed by atoms with Crippen molar-refractivity contribution < 1.29 is 29.3 Å². The molecule has 6 heteroatoms. The van der Waals surface area contributed by atoms with E-state index >= 15 is 0 Å². The summed E-state index contributed by atoms with van der Waals surface area (Å²) in [4.78, 5) is 20.6. The van der Waals surface area contributed by atoms with Gasteiger partial charge in [0.2, 0.25) is 0 Å². The van der Waals surface area contributed by atoms with Gasteiger partial charge in [-0.3, -0.25) is 9.59 Å². The summed E-state index contributed by atoms with van der Waals surface area (Å²) < 4.78 is 9.85. The van der Waals surface area contributed by atoms with Gasteiger partial charge >= 0.3 is 0 Å². The van der Waals surface area contributed by atoms with E-state index in [9.17, 15) is 14.7 Å². The summed E-state index contributed by atoms with van der Waals surface area (Å²) in [6, 6.07) is 8.89. The first-order valence-electron chi connectivity index (χ1n) is 6.78. The minimum atomic E-state index is 0.0399. The molecule has 0 saturated carbocycles. The molecule has 0 atom stereocenters. The van der Waals surface area contributed by atoms with Crippen molar-refractivity contribution in [1.29, 1.82) is 0 Å². The van der Waals surface area contributed by atoms with Crippen LogP contribution in [0, 0.1) is 0 Å². The smallest absolute Gasteiger partial charge is 0.161 e. The van der Waals surface area contributed by atoms with Gasteiger partial charge in [0, 0.05) is 11.1 Å². The first-order chi connectivity index (χ1) is 11.0. The van der Waals surface area contributed by atoms with Gasteiger partial charge < -0.3 is 19.7 Å². The molecule has 0 aromatic heterocycles. The maximum Gasteiger partial charge on any atom is 0.161 e. The Hall–Kier alpha value is -3.02. The summed E-state index contributed by atoms with van der Waals surface area (Å²) in [5.41, 5.74) is 0.982. The van der Waals surface area contributed by atoms with Crippen molar-refractivity contribution in [2.24, 2.45) is 0 Å². The van der Waals surface area contributed by atoms with Crippen LogP contribution >= 0.6 is 0 Å². The van der Waals surface area contributed by atoms with Crippen molar-refractivity contribution >= 4 is 12.6 Å². The van der Waals surface area contributed by atoms with Crippen LogP contribution in [0.15, 0.2) is 36.4 Å². The summed E-state index contributed by atoms with van der Waals surface area (Å²) in [7, 11) is 1.43. The molecule has 2 N–H and O–H groups in total. The van der Waals surface area contributed by atoms with Gasteiger partial charge in [0.25, 0.3) is 0 Å². The van der Waals surface area contributed by atoms with Crippen LogP contribution in [0.25, 0.3) is 0 Å². The molecule has 0 fully saturated rings. The Morgan fingerprint density at radius 2 is 1.39 bits per heavy atom.